The van der Waals surface area contributed by atoms with E-state index >= 15 is 0 Å². The lowest BCUT2D eigenvalue weighted by Crippen LogP contribution is -2.15. The number of aliphatic hydroxyl groups is 1. The molecule has 1 unspecified atom stereocenters. The van der Waals surface area contributed by atoms with Gasteiger partial charge in [0.2, 0.25) is 0 Å². The highest BCUT2D eigenvalue weighted by Crippen LogP contribution is 2.22. The lowest BCUT2D eigenvalue weighted by atomic mass is 10.1. The average molecular weight is 281 g/mol. The highest BCUT2D eigenvalue weighted by Gasteiger charge is 2.13. The Labute approximate surface area is 114 Å². The predicted molar refractivity (Wildman–Crippen MR) is 70.9 cm³/mol. The zero-order chi connectivity index (χ0) is 14.7. The maximum absolute atomic E-state index is 13.3. The monoisotopic (exact) mass is 281 g/mol. The second-order valence-corrected chi connectivity index (χ2v) is 4.57. The third-order valence-electron chi connectivity index (χ3n) is 2.91. The Morgan fingerprint density at radius 2 is 1.80 bits per heavy atom. The Kier molecular flexibility index (Phi) is 4.29. The zero-order valence-corrected chi connectivity index (χ0v) is 10.8. The first-order valence-electron chi connectivity index (χ1n) is 6.09. The molecule has 0 aromatic heterocycles. The van der Waals surface area contributed by atoms with E-state index in [4.69, 9.17) is 0 Å². The van der Waals surface area contributed by atoms with Crippen LogP contribution in [0.4, 0.5) is 18.9 Å². The molecule has 0 heterocycles. The largest absolute Gasteiger partial charge is 0.394 e. The summed E-state index contributed by atoms with van der Waals surface area (Å²) in [7, 11) is 0. The van der Waals surface area contributed by atoms with Gasteiger partial charge in [-0.2, -0.15) is 0 Å². The fraction of sp³-hybridized carbons (Fsp3) is 0.200. The van der Waals surface area contributed by atoms with Gasteiger partial charge in [-0.1, -0.05) is 6.07 Å². The maximum Gasteiger partial charge on any atom is 0.159 e. The molecule has 2 N–H and O–H groups in total. The van der Waals surface area contributed by atoms with Gasteiger partial charge in [0.15, 0.2) is 11.6 Å². The Hall–Kier alpha value is -2.01. The van der Waals surface area contributed by atoms with Crippen molar-refractivity contribution in [2.24, 2.45) is 0 Å². The van der Waals surface area contributed by atoms with E-state index in [2.05, 4.69) is 5.32 Å². The summed E-state index contributed by atoms with van der Waals surface area (Å²) >= 11 is 0. The molecule has 0 aliphatic heterocycles. The number of aryl methyl sites for hydroxylation is 1. The fourth-order valence-corrected chi connectivity index (χ4v) is 1.98. The Balaban J connectivity index is 2.26. The van der Waals surface area contributed by atoms with Crippen LogP contribution in [0, 0.1) is 24.4 Å². The first-order valence-corrected chi connectivity index (χ1v) is 6.09. The van der Waals surface area contributed by atoms with Gasteiger partial charge in [0, 0.05) is 5.69 Å². The predicted octanol–water partition coefficient (Wildman–Crippen LogP) is 3.56. The van der Waals surface area contributed by atoms with Gasteiger partial charge in [-0.3, -0.25) is 0 Å². The molecule has 0 spiro atoms. The van der Waals surface area contributed by atoms with Crippen molar-refractivity contribution < 1.29 is 18.3 Å². The van der Waals surface area contributed by atoms with Gasteiger partial charge >= 0.3 is 0 Å². The number of rotatable bonds is 4. The van der Waals surface area contributed by atoms with Crippen LogP contribution in [0.5, 0.6) is 0 Å². The number of halogens is 3. The third kappa shape index (κ3) is 3.30. The van der Waals surface area contributed by atoms with Crippen molar-refractivity contribution in [3.8, 4) is 0 Å². The first-order chi connectivity index (χ1) is 9.49. The van der Waals surface area contributed by atoms with Crippen molar-refractivity contribution in [2.45, 2.75) is 13.0 Å². The number of anilines is 1. The lowest BCUT2D eigenvalue weighted by molar-refractivity contribution is 0.276. The van der Waals surface area contributed by atoms with Crippen LogP contribution in [0.15, 0.2) is 36.4 Å². The standard InChI is InChI=1S/C15H14F3NO/c1-9-4-11(16)7-12(5-9)19-15(8-20)10-2-3-13(17)14(18)6-10/h2-7,15,19-20H,8H2,1H3. The molecule has 2 rings (SSSR count). The van der Waals surface area contributed by atoms with Crippen LogP contribution in [0.2, 0.25) is 0 Å². The summed E-state index contributed by atoms with van der Waals surface area (Å²) in [4.78, 5) is 0. The average Bonchev–Trinajstić information content (AvgIpc) is 2.38. The van der Waals surface area contributed by atoms with Crippen molar-refractivity contribution in [1.29, 1.82) is 0 Å². The number of benzene rings is 2. The summed E-state index contributed by atoms with van der Waals surface area (Å²) in [6.07, 6.45) is 0. The summed E-state index contributed by atoms with van der Waals surface area (Å²) in [6.45, 7) is 1.40. The molecule has 0 fully saturated rings. The molecule has 0 aliphatic rings. The van der Waals surface area contributed by atoms with Crippen LogP contribution >= 0.6 is 0 Å². The van der Waals surface area contributed by atoms with E-state index in [1.54, 1.807) is 13.0 Å². The van der Waals surface area contributed by atoms with Gasteiger partial charge in [-0.05, 0) is 48.4 Å². The Bertz CT molecular complexity index is 596. The van der Waals surface area contributed by atoms with Crippen molar-refractivity contribution in [2.75, 3.05) is 11.9 Å². The van der Waals surface area contributed by atoms with E-state index in [0.717, 1.165) is 17.7 Å². The molecular formula is C15H14F3NO. The number of nitrogens with one attached hydrogen (secondary N) is 1. The van der Waals surface area contributed by atoms with Gasteiger partial charge in [-0.15, -0.1) is 0 Å². The summed E-state index contributed by atoms with van der Waals surface area (Å²) < 4.78 is 39.4. The second-order valence-electron chi connectivity index (χ2n) is 4.57. The summed E-state index contributed by atoms with van der Waals surface area (Å²) in [5.74, 6) is -2.35. The first kappa shape index (κ1) is 14.4. The molecule has 106 valence electrons. The summed E-state index contributed by atoms with van der Waals surface area (Å²) in [5.41, 5.74) is 1.56. The Morgan fingerprint density at radius 3 is 2.40 bits per heavy atom. The van der Waals surface area contributed by atoms with E-state index in [1.807, 2.05) is 0 Å². The Morgan fingerprint density at radius 1 is 1.05 bits per heavy atom. The van der Waals surface area contributed by atoms with Crippen LogP contribution < -0.4 is 5.32 Å². The molecule has 0 radical (unpaired) electrons. The number of hydrogen-bond acceptors (Lipinski definition) is 2. The van der Waals surface area contributed by atoms with Crippen LogP contribution in [0.1, 0.15) is 17.2 Å². The molecule has 5 heteroatoms. The minimum atomic E-state index is -0.988. The van der Waals surface area contributed by atoms with Crippen LogP contribution in [-0.2, 0) is 0 Å². The quantitative estimate of drug-likeness (QED) is 0.898. The zero-order valence-electron chi connectivity index (χ0n) is 10.8. The van der Waals surface area contributed by atoms with Crippen molar-refractivity contribution in [3.05, 3.63) is 65.0 Å². The molecular weight excluding hydrogens is 267 g/mol. The van der Waals surface area contributed by atoms with Gasteiger partial charge in [0.25, 0.3) is 0 Å². The van der Waals surface area contributed by atoms with Crippen LogP contribution in [0.3, 0.4) is 0 Å². The van der Waals surface area contributed by atoms with E-state index < -0.39 is 23.5 Å². The second kappa shape index (κ2) is 5.96. The highest BCUT2D eigenvalue weighted by atomic mass is 19.2. The van der Waals surface area contributed by atoms with Crippen molar-refractivity contribution in [1.82, 2.24) is 0 Å². The number of aliphatic hydroxyl groups excluding tert-OH is 1. The molecule has 0 amide bonds. The molecule has 1 atom stereocenters. The third-order valence-corrected chi connectivity index (χ3v) is 2.91. The molecule has 0 saturated heterocycles. The molecule has 0 aliphatic carbocycles. The molecule has 2 aromatic carbocycles. The summed E-state index contributed by atoms with van der Waals surface area (Å²) in [6, 6.07) is 7.07. The van der Waals surface area contributed by atoms with Crippen molar-refractivity contribution in [3.63, 3.8) is 0 Å². The van der Waals surface area contributed by atoms with Gasteiger partial charge in [0.05, 0.1) is 12.6 Å². The molecule has 0 saturated carbocycles. The van der Waals surface area contributed by atoms with Gasteiger partial charge in [0.1, 0.15) is 5.82 Å². The highest BCUT2D eigenvalue weighted by molar-refractivity contribution is 5.48. The minimum absolute atomic E-state index is 0.333. The topological polar surface area (TPSA) is 32.3 Å². The molecule has 2 aromatic rings. The van der Waals surface area contributed by atoms with Gasteiger partial charge in [-0.25, -0.2) is 13.2 Å². The normalized spacial score (nSPS) is 12.2. The maximum atomic E-state index is 13.3. The molecule has 20 heavy (non-hydrogen) atoms. The summed E-state index contributed by atoms with van der Waals surface area (Å²) in [5, 5.41) is 12.3. The van der Waals surface area contributed by atoms with E-state index in [0.29, 0.717) is 11.3 Å². The van der Waals surface area contributed by atoms with Gasteiger partial charge < -0.3 is 10.4 Å². The fourth-order valence-electron chi connectivity index (χ4n) is 1.98. The van der Waals surface area contributed by atoms with E-state index in [9.17, 15) is 18.3 Å². The van der Waals surface area contributed by atoms with E-state index in [1.165, 1.54) is 18.2 Å². The number of hydrogen-bond donors (Lipinski definition) is 2. The lowest BCUT2D eigenvalue weighted by Gasteiger charge is -2.18. The molecule has 0 bridgehead atoms. The van der Waals surface area contributed by atoms with Crippen molar-refractivity contribution >= 4 is 5.69 Å². The minimum Gasteiger partial charge on any atom is -0.394 e. The van der Waals surface area contributed by atoms with Crippen LogP contribution in [-0.4, -0.2) is 11.7 Å². The molecule has 2 nitrogen and oxygen atoms in total. The van der Waals surface area contributed by atoms with E-state index in [-0.39, 0.29) is 6.61 Å². The SMILES string of the molecule is Cc1cc(F)cc(NC(CO)c2ccc(F)c(F)c2)c1. The van der Waals surface area contributed by atoms with Crippen LogP contribution in [0.25, 0.3) is 0 Å². The smallest absolute Gasteiger partial charge is 0.159 e.